The van der Waals surface area contributed by atoms with Crippen LogP contribution in [0.4, 0.5) is 13.2 Å². The number of rotatable bonds is 1. The number of nitrogens with one attached hydrogen (secondary N) is 1. The molecule has 1 aromatic heterocycles. The summed E-state index contributed by atoms with van der Waals surface area (Å²) in [4.78, 5) is 25.6. The summed E-state index contributed by atoms with van der Waals surface area (Å²) >= 11 is 0. The molecule has 5 nitrogen and oxygen atoms in total. The van der Waals surface area contributed by atoms with Crippen molar-refractivity contribution in [3.05, 3.63) is 33.7 Å². The number of hydrogen-bond acceptors (Lipinski definition) is 3. The van der Waals surface area contributed by atoms with Gasteiger partial charge in [-0.2, -0.15) is 13.2 Å². The van der Waals surface area contributed by atoms with Crippen LogP contribution in [0.5, 0.6) is 0 Å². The molecule has 1 fully saturated rings. The highest BCUT2D eigenvalue weighted by atomic mass is 19.4. The second kappa shape index (κ2) is 4.84. The van der Waals surface area contributed by atoms with E-state index in [1.54, 1.807) is 13.0 Å². The molecule has 8 heteroatoms. The lowest BCUT2D eigenvalue weighted by atomic mass is 9.97. The minimum Gasteiger partial charge on any atom is -0.327 e. The number of nitrogens with zero attached hydrogens (tertiary/aromatic N) is 2. The maximum absolute atomic E-state index is 12.5. The van der Waals surface area contributed by atoms with Crippen LogP contribution in [0.1, 0.15) is 28.9 Å². The van der Waals surface area contributed by atoms with Gasteiger partial charge in [0.1, 0.15) is 11.4 Å². The summed E-state index contributed by atoms with van der Waals surface area (Å²) in [6, 6.07) is 2.98. The normalized spacial score (nSPS) is 21.0. The van der Waals surface area contributed by atoms with Gasteiger partial charge in [-0.05, 0) is 12.5 Å². The lowest BCUT2D eigenvalue weighted by Crippen LogP contribution is -2.55. The van der Waals surface area contributed by atoms with Crippen molar-refractivity contribution >= 4 is 5.91 Å². The summed E-state index contributed by atoms with van der Waals surface area (Å²) in [5, 5.41) is 2.82. The molecule has 3 heterocycles. The molecule has 1 saturated heterocycles. The fourth-order valence-electron chi connectivity index (χ4n) is 3.35. The molecule has 0 unspecified atom stereocenters. The Morgan fingerprint density at radius 3 is 2.45 bits per heavy atom. The monoisotopic (exact) mass is 315 g/mol. The summed E-state index contributed by atoms with van der Waals surface area (Å²) < 4.78 is 38.8. The van der Waals surface area contributed by atoms with Crippen molar-refractivity contribution in [1.29, 1.82) is 0 Å². The smallest absolute Gasteiger partial charge is 0.327 e. The first-order valence-electron chi connectivity index (χ1n) is 7.07. The third-order valence-corrected chi connectivity index (χ3v) is 4.37. The lowest BCUT2D eigenvalue weighted by Gasteiger charge is -2.40. The van der Waals surface area contributed by atoms with Gasteiger partial charge >= 0.3 is 6.18 Å². The van der Waals surface area contributed by atoms with Crippen LogP contribution in [0.2, 0.25) is 0 Å². The van der Waals surface area contributed by atoms with Crippen molar-refractivity contribution in [2.24, 2.45) is 0 Å². The summed E-state index contributed by atoms with van der Waals surface area (Å²) in [6.45, 7) is 1.13. The Morgan fingerprint density at radius 1 is 1.23 bits per heavy atom. The molecule has 2 aliphatic heterocycles. The van der Waals surface area contributed by atoms with Crippen LogP contribution in [0.15, 0.2) is 16.9 Å². The van der Waals surface area contributed by atoms with Gasteiger partial charge in [-0.3, -0.25) is 19.1 Å². The summed E-state index contributed by atoms with van der Waals surface area (Å²) in [5.41, 5.74) is -0.191. The molecule has 1 spiro atoms. The van der Waals surface area contributed by atoms with Crippen molar-refractivity contribution in [2.75, 3.05) is 19.6 Å². The predicted molar refractivity (Wildman–Crippen MR) is 72.6 cm³/mol. The van der Waals surface area contributed by atoms with Crippen LogP contribution < -0.4 is 10.9 Å². The maximum atomic E-state index is 12.5. The molecular formula is C14H16F3N3O2. The molecule has 2 aliphatic rings. The van der Waals surface area contributed by atoms with Crippen LogP contribution in [0.25, 0.3) is 0 Å². The summed E-state index contributed by atoms with van der Waals surface area (Å²) in [7, 11) is 0. The van der Waals surface area contributed by atoms with Gasteiger partial charge in [0.05, 0.1) is 6.54 Å². The number of hydrogen-bond donors (Lipinski definition) is 1. The molecular weight excluding hydrogens is 299 g/mol. The largest absolute Gasteiger partial charge is 0.401 e. The van der Waals surface area contributed by atoms with Crippen molar-refractivity contribution in [1.82, 2.24) is 14.8 Å². The highest BCUT2D eigenvalue weighted by Gasteiger charge is 2.46. The molecule has 120 valence electrons. The van der Waals surface area contributed by atoms with E-state index in [4.69, 9.17) is 0 Å². The SMILES string of the molecule is Cc1ccc(=O)n2c1C(=O)NC21CCN(CC(F)(F)F)CC1. The van der Waals surface area contributed by atoms with Crippen LogP contribution in [0, 0.1) is 6.92 Å². The maximum Gasteiger partial charge on any atom is 0.401 e. The van der Waals surface area contributed by atoms with E-state index in [0.29, 0.717) is 11.3 Å². The standard InChI is InChI=1S/C14H16F3N3O2/c1-9-2-3-10(21)20-11(9)12(22)18-13(20)4-6-19(7-5-13)8-14(15,16)17/h2-3H,4-8H2,1H3,(H,18,22). The first-order valence-corrected chi connectivity index (χ1v) is 7.07. The Balaban J connectivity index is 1.89. The molecule has 3 rings (SSSR count). The first-order chi connectivity index (χ1) is 10.2. The quantitative estimate of drug-likeness (QED) is 0.847. The minimum atomic E-state index is -4.24. The number of likely N-dealkylation sites (tertiary alicyclic amines) is 1. The van der Waals surface area contributed by atoms with E-state index in [2.05, 4.69) is 5.32 Å². The minimum absolute atomic E-state index is 0.180. The van der Waals surface area contributed by atoms with Gasteiger partial charge in [0, 0.05) is 32.0 Å². The van der Waals surface area contributed by atoms with Gasteiger partial charge in [0.2, 0.25) is 0 Å². The zero-order valence-electron chi connectivity index (χ0n) is 12.0. The third-order valence-electron chi connectivity index (χ3n) is 4.37. The van der Waals surface area contributed by atoms with Gasteiger partial charge in [0.25, 0.3) is 11.5 Å². The summed E-state index contributed by atoms with van der Waals surface area (Å²) in [6.07, 6.45) is -3.68. The zero-order valence-corrected chi connectivity index (χ0v) is 12.0. The average molecular weight is 315 g/mol. The Morgan fingerprint density at radius 2 is 1.86 bits per heavy atom. The van der Waals surface area contributed by atoms with Crippen LogP contribution in [-0.2, 0) is 5.66 Å². The number of piperidine rings is 1. The van der Waals surface area contributed by atoms with Gasteiger partial charge in [-0.1, -0.05) is 6.07 Å². The van der Waals surface area contributed by atoms with Crippen molar-refractivity contribution < 1.29 is 18.0 Å². The van der Waals surface area contributed by atoms with E-state index < -0.39 is 18.4 Å². The van der Waals surface area contributed by atoms with E-state index in [1.165, 1.54) is 15.5 Å². The molecule has 0 saturated carbocycles. The predicted octanol–water partition coefficient (Wildman–Crippen LogP) is 1.21. The molecule has 0 aromatic carbocycles. The van der Waals surface area contributed by atoms with Crippen molar-refractivity contribution in [3.8, 4) is 0 Å². The number of aryl methyl sites for hydroxylation is 1. The number of amides is 1. The third kappa shape index (κ3) is 2.41. The van der Waals surface area contributed by atoms with E-state index >= 15 is 0 Å². The molecule has 0 bridgehead atoms. The summed E-state index contributed by atoms with van der Waals surface area (Å²) in [5.74, 6) is -0.334. The number of aromatic nitrogens is 1. The fourth-order valence-corrected chi connectivity index (χ4v) is 3.35. The van der Waals surface area contributed by atoms with Crippen molar-refractivity contribution in [3.63, 3.8) is 0 Å². The van der Waals surface area contributed by atoms with Crippen LogP contribution >= 0.6 is 0 Å². The van der Waals surface area contributed by atoms with Crippen molar-refractivity contribution in [2.45, 2.75) is 31.6 Å². The van der Waals surface area contributed by atoms with E-state index in [0.717, 1.165) is 0 Å². The van der Waals surface area contributed by atoms with Gasteiger partial charge in [0.15, 0.2) is 0 Å². The molecule has 1 N–H and O–H groups in total. The average Bonchev–Trinajstić information content (AvgIpc) is 2.70. The second-order valence-electron chi connectivity index (χ2n) is 5.92. The number of halogens is 3. The topological polar surface area (TPSA) is 54.3 Å². The Kier molecular flexibility index (Phi) is 3.32. The zero-order chi connectivity index (χ0) is 16.1. The first kappa shape index (κ1) is 15.1. The van der Waals surface area contributed by atoms with E-state index in [-0.39, 0.29) is 37.4 Å². The molecule has 0 atom stereocenters. The number of carbonyl (C=O) groups is 1. The van der Waals surface area contributed by atoms with Crippen LogP contribution in [0.3, 0.4) is 0 Å². The van der Waals surface area contributed by atoms with E-state index in [9.17, 15) is 22.8 Å². The highest BCUT2D eigenvalue weighted by molar-refractivity contribution is 5.96. The fraction of sp³-hybridized carbons (Fsp3) is 0.571. The Labute approximate surface area is 124 Å². The molecule has 1 aromatic rings. The molecule has 0 radical (unpaired) electrons. The number of fused-ring (bicyclic) bond motifs is 2. The Hall–Kier alpha value is -1.83. The number of carbonyl (C=O) groups excluding carboxylic acids is 1. The van der Waals surface area contributed by atoms with Gasteiger partial charge in [-0.25, -0.2) is 0 Å². The highest BCUT2D eigenvalue weighted by Crippen LogP contribution is 2.33. The number of alkyl halides is 3. The van der Waals surface area contributed by atoms with Crippen LogP contribution in [-0.4, -0.2) is 41.2 Å². The van der Waals surface area contributed by atoms with E-state index in [1.807, 2.05) is 0 Å². The van der Waals surface area contributed by atoms with Gasteiger partial charge < -0.3 is 5.32 Å². The molecule has 0 aliphatic carbocycles. The van der Waals surface area contributed by atoms with Gasteiger partial charge in [-0.15, -0.1) is 0 Å². The number of pyridine rings is 1. The molecule has 1 amide bonds. The Bertz CT molecular complexity index is 673. The molecule has 22 heavy (non-hydrogen) atoms. The second-order valence-corrected chi connectivity index (χ2v) is 5.92. The lowest BCUT2D eigenvalue weighted by molar-refractivity contribution is -0.150.